The SMILES string of the molecule is FC(F)(F)CCOCC1CCCN1. The lowest BCUT2D eigenvalue weighted by molar-refractivity contribution is -0.145. The van der Waals surface area contributed by atoms with E-state index in [-0.39, 0.29) is 12.6 Å². The number of hydrogen-bond acceptors (Lipinski definition) is 2. The second-order valence-electron chi connectivity index (χ2n) is 3.23. The smallest absolute Gasteiger partial charge is 0.379 e. The van der Waals surface area contributed by atoms with Crippen molar-refractivity contribution in [3.05, 3.63) is 0 Å². The molecule has 0 spiro atoms. The largest absolute Gasteiger partial charge is 0.391 e. The first-order chi connectivity index (χ1) is 6.08. The Morgan fingerprint density at radius 1 is 1.38 bits per heavy atom. The van der Waals surface area contributed by atoms with E-state index in [0.717, 1.165) is 19.4 Å². The molecular formula is C8H14F3NO. The molecule has 1 atom stereocenters. The van der Waals surface area contributed by atoms with Crippen LogP contribution in [-0.4, -0.2) is 32.0 Å². The molecule has 5 heteroatoms. The highest BCUT2D eigenvalue weighted by molar-refractivity contribution is 4.73. The third-order valence-electron chi connectivity index (χ3n) is 2.01. The molecule has 0 saturated carbocycles. The fourth-order valence-electron chi connectivity index (χ4n) is 1.31. The molecule has 0 aliphatic carbocycles. The summed E-state index contributed by atoms with van der Waals surface area (Å²) in [6, 6.07) is 0.258. The van der Waals surface area contributed by atoms with Crippen molar-refractivity contribution in [2.24, 2.45) is 0 Å². The van der Waals surface area contributed by atoms with E-state index in [1.807, 2.05) is 0 Å². The van der Waals surface area contributed by atoms with Crippen LogP contribution in [0.15, 0.2) is 0 Å². The van der Waals surface area contributed by atoms with Gasteiger partial charge in [0.05, 0.1) is 19.6 Å². The highest BCUT2D eigenvalue weighted by Gasteiger charge is 2.26. The molecule has 0 radical (unpaired) electrons. The van der Waals surface area contributed by atoms with Crippen molar-refractivity contribution in [2.75, 3.05) is 19.8 Å². The topological polar surface area (TPSA) is 21.3 Å². The van der Waals surface area contributed by atoms with E-state index in [2.05, 4.69) is 5.32 Å². The van der Waals surface area contributed by atoms with Crippen LogP contribution in [0.3, 0.4) is 0 Å². The molecule has 0 aromatic carbocycles. The molecule has 1 aliphatic rings. The number of nitrogens with one attached hydrogen (secondary N) is 1. The van der Waals surface area contributed by atoms with Gasteiger partial charge in [0.1, 0.15) is 0 Å². The zero-order chi connectivity index (χ0) is 9.73. The fraction of sp³-hybridized carbons (Fsp3) is 1.00. The minimum absolute atomic E-state index is 0.221. The Bertz CT molecular complexity index is 143. The number of hydrogen-bond donors (Lipinski definition) is 1. The molecule has 1 N–H and O–H groups in total. The Balaban J connectivity index is 1.94. The quantitative estimate of drug-likeness (QED) is 0.693. The third kappa shape index (κ3) is 5.10. The summed E-state index contributed by atoms with van der Waals surface area (Å²) in [5, 5.41) is 3.15. The van der Waals surface area contributed by atoms with Crippen molar-refractivity contribution in [1.29, 1.82) is 0 Å². The summed E-state index contributed by atoms with van der Waals surface area (Å²) in [5.74, 6) is 0. The first kappa shape index (κ1) is 10.8. The van der Waals surface area contributed by atoms with E-state index in [9.17, 15) is 13.2 Å². The number of rotatable bonds is 4. The molecule has 1 saturated heterocycles. The lowest BCUT2D eigenvalue weighted by Crippen LogP contribution is -2.27. The van der Waals surface area contributed by atoms with Gasteiger partial charge in [-0.2, -0.15) is 13.2 Å². The molecular weight excluding hydrogens is 183 g/mol. The molecule has 0 aromatic heterocycles. The normalized spacial score (nSPS) is 23.8. The van der Waals surface area contributed by atoms with E-state index >= 15 is 0 Å². The lowest BCUT2D eigenvalue weighted by atomic mass is 10.2. The van der Waals surface area contributed by atoms with Gasteiger partial charge in [-0.3, -0.25) is 0 Å². The average Bonchev–Trinajstić information content (AvgIpc) is 2.48. The van der Waals surface area contributed by atoms with Crippen molar-refractivity contribution in [2.45, 2.75) is 31.5 Å². The van der Waals surface area contributed by atoms with E-state index in [0.29, 0.717) is 6.61 Å². The van der Waals surface area contributed by atoms with Gasteiger partial charge in [0.2, 0.25) is 0 Å². The maximum Gasteiger partial charge on any atom is 0.391 e. The summed E-state index contributed by atoms with van der Waals surface area (Å²) >= 11 is 0. The van der Waals surface area contributed by atoms with Gasteiger partial charge in [0.15, 0.2) is 0 Å². The standard InChI is InChI=1S/C8H14F3NO/c9-8(10,11)3-5-13-6-7-2-1-4-12-7/h7,12H,1-6H2. The Kier molecular flexibility index (Phi) is 3.99. The summed E-state index contributed by atoms with van der Waals surface area (Å²) in [6.07, 6.45) is -2.85. The van der Waals surface area contributed by atoms with Crippen LogP contribution in [0.4, 0.5) is 13.2 Å². The maximum atomic E-state index is 11.7. The molecule has 2 nitrogen and oxygen atoms in total. The second kappa shape index (κ2) is 4.81. The van der Waals surface area contributed by atoms with Crippen molar-refractivity contribution < 1.29 is 17.9 Å². The third-order valence-corrected chi connectivity index (χ3v) is 2.01. The summed E-state index contributed by atoms with van der Waals surface area (Å²) in [5.41, 5.74) is 0. The van der Waals surface area contributed by atoms with Crippen LogP contribution in [0.1, 0.15) is 19.3 Å². The zero-order valence-corrected chi connectivity index (χ0v) is 7.36. The molecule has 1 aliphatic heterocycles. The van der Waals surface area contributed by atoms with Crippen LogP contribution in [-0.2, 0) is 4.74 Å². The van der Waals surface area contributed by atoms with Crippen LogP contribution in [0.5, 0.6) is 0 Å². The lowest BCUT2D eigenvalue weighted by Gasteiger charge is -2.11. The van der Waals surface area contributed by atoms with Gasteiger partial charge in [-0.25, -0.2) is 0 Å². The van der Waals surface area contributed by atoms with Gasteiger partial charge in [0, 0.05) is 6.04 Å². The maximum absolute atomic E-state index is 11.7. The molecule has 0 aromatic rings. The van der Waals surface area contributed by atoms with Crippen molar-refractivity contribution >= 4 is 0 Å². The predicted molar refractivity (Wildman–Crippen MR) is 42.5 cm³/mol. The molecule has 13 heavy (non-hydrogen) atoms. The number of ether oxygens (including phenoxy) is 1. The fourth-order valence-corrected chi connectivity index (χ4v) is 1.31. The van der Waals surface area contributed by atoms with E-state index in [4.69, 9.17) is 4.74 Å². The highest BCUT2D eigenvalue weighted by Crippen LogP contribution is 2.19. The van der Waals surface area contributed by atoms with Crippen LogP contribution < -0.4 is 5.32 Å². The van der Waals surface area contributed by atoms with E-state index in [1.165, 1.54) is 0 Å². The first-order valence-corrected chi connectivity index (χ1v) is 4.46. The van der Waals surface area contributed by atoms with Gasteiger partial charge in [-0.1, -0.05) is 0 Å². The van der Waals surface area contributed by atoms with Crippen molar-refractivity contribution in [3.63, 3.8) is 0 Å². The van der Waals surface area contributed by atoms with E-state index in [1.54, 1.807) is 0 Å². The van der Waals surface area contributed by atoms with Gasteiger partial charge in [0.25, 0.3) is 0 Å². The predicted octanol–water partition coefficient (Wildman–Crippen LogP) is 1.71. The highest BCUT2D eigenvalue weighted by atomic mass is 19.4. The minimum Gasteiger partial charge on any atom is -0.379 e. The molecule has 1 rings (SSSR count). The first-order valence-electron chi connectivity index (χ1n) is 4.46. The Morgan fingerprint density at radius 2 is 2.15 bits per heavy atom. The molecule has 0 bridgehead atoms. The van der Waals surface area contributed by atoms with Gasteiger partial charge in [-0.05, 0) is 19.4 Å². The molecule has 1 heterocycles. The molecule has 1 fully saturated rings. The Morgan fingerprint density at radius 3 is 2.69 bits per heavy atom. The summed E-state index contributed by atoms with van der Waals surface area (Å²) in [4.78, 5) is 0. The van der Waals surface area contributed by atoms with Crippen molar-refractivity contribution in [3.8, 4) is 0 Å². The summed E-state index contributed by atoms with van der Waals surface area (Å²) < 4.78 is 39.9. The van der Waals surface area contributed by atoms with Crippen LogP contribution in [0.2, 0.25) is 0 Å². The Labute approximate surface area is 75.4 Å². The van der Waals surface area contributed by atoms with Crippen LogP contribution in [0, 0.1) is 0 Å². The second-order valence-corrected chi connectivity index (χ2v) is 3.23. The number of halogens is 3. The monoisotopic (exact) mass is 197 g/mol. The summed E-state index contributed by atoms with van der Waals surface area (Å²) in [7, 11) is 0. The zero-order valence-electron chi connectivity index (χ0n) is 7.36. The molecule has 78 valence electrons. The van der Waals surface area contributed by atoms with Crippen LogP contribution >= 0.6 is 0 Å². The molecule has 1 unspecified atom stereocenters. The van der Waals surface area contributed by atoms with E-state index < -0.39 is 12.6 Å². The minimum atomic E-state index is -4.09. The van der Waals surface area contributed by atoms with Gasteiger partial charge in [-0.15, -0.1) is 0 Å². The summed E-state index contributed by atoms with van der Waals surface area (Å²) in [6.45, 7) is 1.13. The average molecular weight is 197 g/mol. The van der Waals surface area contributed by atoms with Gasteiger partial charge < -0.3 is 10.1 Å². The van der Waals surface area contributed by atoms with Gasteiger partial charge >= 0.3 is 6.18 Å². The molecule has 0 amide bonds. The Hall–Kier alpha value is -0.290. The van der Waals surface area contributed by atoms with Crippen molar-refractivity contribution in [1.82, 2.24) is 5.32 Å². The van der Waals surface area contributed by atoms with Crippen LogP contribution in [0.25, 0.3) is 0 Å². The number of alkyl halides is 3.